The minimum atomic E-state index is -2.90. The van der Waals surface area contributed by atoms with Crippen molar-refractivity contribution in [2.24, 2.45) is 5.84 Å². The number of hydrogen-bond acceptors (Lipinski definition) is 5. The van der Waals surface area contributed by atoms with E-state index in [9.17, 15) is 8.42 Å². The Morgan fingerprint density at radius 2 is 2.06 bits per heavy atom. The molecule has 6 heteroatoms. The van der Waals surface area contributed by atoms with Gasteiger partial charge in [0.2, 0.25) is 0 Å². The molecule has 16 heavy (non-hydrogen) atoms. The van der Waals surface area contributed by atoms with Gasteiger partial charge in [-0.3, -0.25) is 11.3 Å². The van der Waals surface area contributed by atoms with Crippen molar-refractivity contribution in [1.29, 1.82) is 0 Å². The van der Waals surface area contributed by atoms with Crippen molar-refractivity contribution in [1.82, 2.24) is 5.43 Å². The van der Waals surface area contributed by atoms with Gasteiger partial charge in [0.05, 0.1) is 5.60 Å². The van der Waals surface area contributed by atoms with Gasteiger partial charge in [-0.2, -0.15) is 0 Å². The molecule has 98 valence electrons. The SMILES string of the molecule is CCC(C)(OC)C(CCCS(C)(=O)=O)NN. The minimum Gasteiger partial charge on any atom is -0.377 e. The van der Waals surface area contributed by atoms with Crippen LogP contribution in [0, 0.1) is 0 Å². The zero-order chi connectivity index (χ0) is 12.8. The highest BCUT2D eigenvalue weighted by molar-refractivity contribution is 7.90. The molecule has 5 nitrogen and oxygen atoms in total. The number of hydrogen-bond donors (Lipinski definition) is 2. The average Bonchev–Trinajstić information content (AvgIpc) is 2.22. The zero-order valence-electron chi connectivity index (χ0n) is 10.6. The van der Waals surface area contributed by atoms with Gasteiger partial charge in [-0.15, -0.1) is 0 Å². The summed E-state index contributed by atoms with van der Waals surface area (Å²) < 4.78 is 27.4. The van der Waals surface area contributed by atoms with Gasteiger partial charge in [-0.1, -0.05) is 6.92 Å². The second-order valence-corrected chi connectivity index (χ2v) is 6.62. The normalized spacial score (nSPS) is 18.1. The van der Waals surface area contributed by atoms with E-state index in [4.69, 9.17) is 10.6 Å². The van der Waals surface area contributed by atoms with E-state index in [0.29, 0.717) is 12.8 Å². The maximum atomic E-state index is 11.0. The highest BCUT2D eigenvalue weighted by atomic mass is 32.2. The van der Waals surface area contributed by atoms with Crippen LogP contribution in [0.4, 0.5) is 0 Å². The fourth-order valence-electron chi connectivity index (χ4n) is 1.65. The topological polar surface area (TPSA) is 81.4 Å². The van der Waals surface area contributed by atoms with Crippen LogP contribution in [-0.4, -0.2) is 39.2 Å². The van der Waals surface area contributed by atoms with Crippen LogP contribution in [0.15, 0.2) is 0 Å². The fourth-order valence-corrected chi connectivity index (χ4v) is 2.34. The van der Waals surface area contributed by atoms with Crippen LogP contribution in [0.2, 0.25) is 0 Å². The van der Waals surface area contributed by atoms with Gasteiger partial charge in [-0.25, -0.2) is 8.42 Å². The van der Waals surface area contributed by atoms with E-state index in [-0.39, 0.29) is 17.4 Å². The van der Waals surface area contributed by atoms with Gasteiger partial charge >= 0.3 is 0 Å². The van der Waals surface area contributed by atoms with Crippen LogP contribution in [-0.2, 0) is 14.6 Å². The highest BCUT2D eigenvalue weighted by Crippen LogP contribution is 2.22. The second-order valence-electron chi connectivity index (χ2n) is 4.36. The molecule has 0 aromatic rings. The van der Waals surface area contributed by atoms with Crippen molar-refractivity contribution in [3.8, 4) is 0 Å². The molecule has 3 N–H and O–H groups in total. The standard InChI is InChI=1S/C10H24N2O3S/c1-5-10(2,15-3)9(12-11)7-6-8-16(4,13)14/h9,12H,5-8,11H2,1-4H3. The first-order chi connectivity index (χ1) is 7.29. The summed E-state index contributed by atoms with van der Waals surface area (Å²) in [6.45, 7) is 3.99. The van der Waals surface area contributed by atoms with Crippen molar-refractivity contribution < 1.29 is 13.2 Å². The van der Waals surface area contributed by atoms with E-state index in [0.717, 1.165) is 6.42 Å². The molecule has 0 aromatic carbocycles. The summed E-state index contributed by atoms with van der Waals surface area (Å²) in [6, 6.07) is -0.0377. The molecular weight excluding hydrogens is 228 g/mol. The Hall–Kier alpha value is -0.170. The molecule has 2 unspecified atom stereocenters. The van der Waals surface area contributed by atoms with Crippen LogP contribution in [0.1, 0.15) is 33.1 Å². The average molecular weight is 252 g/mol. The van der Waals surface area contributed by atoms with Crippen molar-refractivity contribution in [3.63, 3.8) is 0 Å². The molecule has 0 aromatic heterocycles. The quantitative estimate of drug-likeness (QED) is 0.484. The molecule has 0 aliphatic heterocycles. The molecule has 0 rings (SSSR count). The van der Waals surface area contributed by atoms with E-state index >= 15 is 0 Å². The van der Waals surface area contributed by atoms with Crippen molar-refractivity contribution in [2.45, 2.75) is 44.8 Å². The third-order valence-electron chi connectivity index (χ3n) is 3.11. The Balaban J connectivity index is 4.30. The van der Waals surface area contributed by atoms with Gasteiger partial charge in [0.25, 0.3) is 0 Å². The molecule has 0 heterocycles. The first kappa shape index (κ1) is 15.8. The lowest BCUT2D eigenvalue weighted by Gasteiger charge is -2.35. The molecule has 0 bridgehead atoms. The maximum absolute atomic E-state index is 11.0. The van der Waals surface area contributed by atoms with E-state index in [1.165, 1.54) is 6.26 Å². The van der Waals surface area contributed by atoms with Crippen molar-refractivity contribution in [2.75, 3.05) is 19.1 Å². The number of sulfone groups is 1. The van der Waals surface area contributed by atoms with E-state index in [2.05, 4.69) is 5.43 Å². The van der Waals surface area contributed by atoms with Crippen LogP contribution in [0.5, 0.6) is 0 Å². The molecule has 0 aliphatic rings. The smallest absolute Gasteiger partial charge is 0.147 e. The van der Waals surface area contributed by atoms with Gasteiger partial charge in [0.15, 0.2) is 0 Å². The van der Waals surface area contributed by atoms with Crippen molar-refractivity contribution in [3.05, 3.63) is 0 Å². The summed E-state index contributed by atoms with van der Waals surface area (Å²) in [6.07, 6.45) is 3.33. The van der Waals surface area contributed by atoms with E-state index in [1.807, 2.05) is 13.8 Å². The maximum Gasteiger partial charge on any atom is 0.147 e. The highest BCUT2D eigenvalue weighted by Gasteiger charge is 2.31. The van der Waals surface area contributed by atoms with Crippen LogP contribution >= 0.6 is 0 Å². The first-order valence-corrected chi connectivity index (χ1v) is 7.54. The Bertz CT molecular complexity index is 286. The molecule has 0 amide bonds. The van der Waals surface area contributed by atoms with E-state index in [1.54, 1.807) is 7.11 Å². The summed E-state index contributed by atoms with van der Waals surface area (Å²) in [7, 11) is -1.25. The Kier molecular flexibility index (Phi) is 6.47. The van der Waals surface area contributed by atoms with Gasteiger partial charge in [-0.05, 0) is 26.2 Å². The molecule has 0 spiro atoms. The number of nitrogens with one attached hydrogen (secondary N) is 1. The number of nitrogens with two attached hydrogens (primary N) is 1. The summed E-state index contributed by atoms with van der Waals surface area (Å²) in [5.74, 6) is 5.67. The van der Waals surface area contributed by atoms with Crippen LogP contribution in [0.25, 0.3) is 0 Å². The fraction of sp³-hybridized carbons (Fsp3) is 1.00. The van der Waals surface area contributed by atoms with Gasteiger partial charge in [0.1, 0.15) is 9.84 Å². The lowest BCUT2D eigenvalue weighted by atomic mass is 9.90. The van der Waals surface area contributed by atoms with Crippen LogP contribution < -0.4 is 11.3 Å². The number of hydrazine groups is 1. The predicted octanol–water partition coefficient (Wildman–Crippen LogP) is 0.458. The largest absolute Gasteiger partial charge is 0.377 e. The molecule has 2 atom stereocenters. The zero-order valence-corrected chi connectivity index (χ0v) is 11.4. The summed E-state index contributed by atoms with van der Waals surface area (Å²) in [5.41, 5.74) is 2.36. The lowest BCUT2D eigenvalue weighted by molar-refractivity contribution is -0.0312. The lowest BCUT2D eigenvalue weighted by Crippen LogP contribution is -2.52. The summed E-state index contributed by atoms with van der Waals surface area (Å²) in [4.78, 5) is 0. The Morgan fingerprint density at radius 3 is 2.38 bits per heavy atom. The molecule has 0 saturated heterocycles. The Morgan fingerprint density at radius 1 is 1.50 bits per heavy atom. The van der Waals surface area contributed by atoms with Gasteiger partial charge < -0.3 is 4.74 Å². The monoisotopic (exact) mass is 252 g/mol. The van der Waals surface area contributed by atoms with Gasteiger partial charge in [0, 0.05) is 25.2 Å². The summed E-state index contributed by atoms with van der Waals surface area (Å²) >= 11 is 0. The molecule has 0 saturated carbocycles. The number of ether oxygens (including phenoxy) is 1. The predicted molar refractivity (Wildman–Crippen MR) is 65.8 cm³/mol. The molecule has 0 aliphatic carbocycles. The molecule has 0 radical (unpaired) electrons. The third-order valence-corrected chi connectivity index (χ3v) is 4.14. The van der Waals surface area contributed by atoms with Crippen LogP contribution in [0.3, 0.4) is 0 Å². The third kappa shape index (κ3) is 5.25. The second kappa shape index (κ2) is 6.54. The minimum absolute atomic E-state index is 0.0377. The summed E-state index contributed by atoms with van der Waals surface area (Å²) in [5, 5.41) is 0. The Labute approximate surface area is 98.6 Å². The molecular formula is C10H24N2O3S. The molecule has 0 fully saturated rings. The number of methoxy groups -OCH3 is 1. The first-order valence-electron chi connectivity index (χ1n) is 5.48. The number of rotatable bonds is 8. The van der Waals surface area contributed by atoms with E-state index < -0.39 is 9.84 Å². The van der Waals surface area contributed by atoms with Crippen molar-refractivity contribution >= 4 is 9.84 Å².